The molecule has 3 heteroatoms. The minimum atomic E-state index is -0.00136. The molecule has 1 amide bonds. The molecular weight excluding hydrogens is 200 g/mol. The van der Waals surface area contributed by atoms with E-state index in [1.807, 2.05) is 0 Å². The maximum absolute atomic E-state index is 11.2. The van der Waals surface area contributed by atoms with Crippen LogP contribution in [-0.4, -0.2) is 19.0 Å². The summed E-state index contributed by atoms with van der Waals surface area (Å²) in [5, 5.41) is 6.21. The van der Waals surface area contributed by atoms with E-state index in [2.05, 4.69) is 36.6 Å². The first-order valence-electron chi connectivity index (χ1n) is 5.67. The third-order valence-corrected chi connectivity index (χ3v) is 3.03. The number of hydrogen-bond donors (Lipinski definition) is 2. The summed E-state index contributed by atoms with van der Waals surface area (Å²) in [6.07, 6.45) is 0. The van der Waals surface area contributed by atoms with E-state index in [-0.39, 0.29) is 5.91 Å². The lowest BCUT2D eigenvalue weighted by molar-refractivity contribution is -0.114. The van der Waals surface area contributed by atoms with Crippen molar-refractivity contribution in [3.05, 3.63) is 28.8 Å². The molecule has 86 valence electrons. The van der Waals surface area contributed by atoms with Crippen LogP contribution in [0.1, 0.15) is 29.5 Å². The molecule has 1 aliphatic rings. The summed E-state index contributed by atoms with van der Waals surface area (Å²) in [6, 6.07) is 4.24. The molecule has 0 saturated carbocycles. The summed E-state index contributed by atoms with van der Waals surface area (Å²) < 4.78 is 0. The third kappa shape index (κ3) is 2.09. The van der Waals surface area contributed by atoms with Gasteiger partial charge >= 0.3 is 0 Å². The predicted octanol–water partition coefficient (Wildman–Crippen LogP) is 1.95. The first kappa shape index (κ1) is 11.1. The molecule has 0 aromatic heterocycles. The Kier molecular flexibility index (Phi) is 2.97. The number of amides is 1. The van der Waals surface area contributed by atoms with E-state index in [1.54, 1.807) is 6.92 Å². The number of nitrogens with one attached hydrogen (secondary N) is 2. The Balaban J connectivity index is 2.41. The van der Waals surface area contributed by atoms with E-state index in [0.29, 0.717) is 5.92 Å². The fourth-order valence-electron chi connectivity index (χ4n) is 2.31. The van der Waals surface area contributed by atoms with E-state index in [1.165, 1.54) is 16.7 Å². The Bertz CT molecular complexity index is 422. The normalized spacial score (nSPS) is 15.7. The highest BCUT2D eigenvalue weighted by atomic mass is 16.1. The molecule has 0 radical (unpaired) electrons. The monoisotopic (exact) mass is 218 g/mol. The molecule has 0 atom stereocenters. The molecule has 1 heterocycles. The average molecular weight is 218 g/mol. The second kappa shape index (κ2) is 4.26. The molecule has 0 spiro atoms. The van der Waals surface area contributed by atoms with Crippen LogP contribution < -0.4 is 10.6 Å². The van der Waals surface area contributed by atoms with Gasteiger partial charge in [-0.1, -0.05) is 6.07 Å². The molecule has 1 saturated heterocycles. The maximum atomic E-state index is 11.2. The molecule has 1 aliphatic heterocycles. The quantitative estimate of drug-likeness (QED) is 0.796. The second-order valence-corrected chi connectivity index (χ2v) is 4.58. The number of aryl methyl sites for hydroxylation is 2. The zero-order valence-corrected chi connectivity index (χ0v) is 10.1. The number of carbonyl (C=O) groups excluding carboxylic acids is 1. The highest BCUT2D eigenvalue weighted by Gasteiger charge is 2.24. The highest BCUT2D eigenvalue weighted by molar-refractivity contribution is 5.90. The van der Waals surface area contributed by atoms with Crippen LogP contribution in [0.3, 0.4) is 0 Å². The number of carbonyl (C=O) groups is 1. The Morgan fingerprint density at radius 3 is 2.56 bits per heavy atom. The van der Waals surface area contributed by atoms with Crippen LogP contribution >= 0.6 is 0 Å². The molecule has 0 bridgehead atoms. The van der Waals surface area contributed by atoms with Gasteiger partial charge in [0.1, 0.15) is 0 Å². The van der Waals surface area contributed by atoms with Crippen molar-refractivity contribution in [1.29, 1.82) is 0 Å². The van der Waals surface area contributed by atoms with Crippen LogP contribution in [0.25, 0.3) is 0 Å². The number of hydrogen-bond acceptors (Lipinski definition) is 2. The van der Waals surface area contributed by atoms with E-state index >= 15 is 0 Å². The van der Waals surface area contributed by atoms with Crippen LogP contribution in [0.4, 0.5) is 5.69 Å². The van der Waals surface area contributed by atoms with Gasteiger partial charge in [-0.05, 0) is 36.6 Å². The summed E-state index contributed by atoms with van der Waals surface area (Å²) in [5.41, 5.74) is 4.74. The number of benzene rings is 1. The molecule has 2 rings (SSSR count). The minimum Gasteiger partial charge on any atom is -0.326 e. The van der Waals surface area contributed by atoms with Gasteiger partial charge in [0, 0.05) is 31.6 Å². The van der Waals surface area contributed by atoms with Gasteiger partial charge in [0.2, 0.25) is 5.91 Å². The third-order valence-electron chi connectivity index (χ3n) is 3.03. The van der Waals surface area contributed by atoms with Crippen LogP contribution in [0.15, 0.2) is 12.1 Å². The van der Waals surface area contributed by atoms with Crippen LogP contribution in [0, 0.1) is 13.8 Å². The molecule has 0 unspecified atom stereocenters. The van der Waals surface area contributed by atoms with Crippen LogP contribution in [0.2, 0.25) is 0 Å². The Labute approximate surface area is 96.2 Å². The number of rotatable bonds is 2. The van der Waals surface area contributed by atoms with Crippen molar-refractivity contribution >= 4 is 11.6 Å². The SMILES string of the molecule is CC(=O)Nc1cc(C)cc(C)c1C1CNC1. The predicted molar refractivity (Wildman–Crippen MR) is 65.8 cm³/mol. The van der Waals surface area contributed by atoms with E-state index in [0.717, 1.165) is 18.8 Å². The second-order valence-electron chi connectivity index (χ2n) is 4.58. The van der Waals surface area contributed by atoms with Gasteiger partial charge < -0.3 is 10.6 Å². The molecular formula is C13H18N2O. The standard InChI is InChI=1S/C13H18N2O/c1-8-4-9(2)13(11-6-14-7-11)12(5-8)15-10(3)16/h4-5,11,14H,6-7H2,1-3H3,(H,15,16). The first-order chi connectivity index (χ1) is 7.58. The van der Waals surface area contributed by atoms with Crippen molar-refractivity contribution in [2.45, 2.75) is 26.7 Å². The van der Waals surface area contributed by atoms with E-state index in [9.17, 15) is 4.79 Å². The lowest BCUT2D eigenvalue weighted by Crippen LogP contribution is -2.40. The zero-order valence-electron chi connectivity index (χ0n) is 10.1. The molecule has 1 fully saturated rings. The smallest absolute Gasteiger partial charge is 0.221 e. The zero-order chi connectivity index (χ0) is 11.7. The van der Waals surface area contributed by atoms with Gasteiger partial charge in [-0.15, -0.1) is 0 Å². The van der Waals surface area contributed by atoms with Crippen molar-refractivity contribution in [1.82, 2.24) is 5.32 Å². The Morgan fingerprint density at radius 2 is 2.06 bits per heavy atom. The average Bonchev–Trinajstić information content (AvgIpc) is 2.06. The van der Waals surface area contributed by atoms with Gasteiger partial charge in [0.25, 0.3) is 0 Å². The fourth-order valence-corrected chi connectivity index (χ4v) is 2.31. The van der Waals surface area contributed by atoms with Crippen molar-refractivity contribution in [3.63, 3.8) is 0 Å². The topological polar surface area (TPSA) is 41.1 Å². The highest BCUT2D eigenvalue weighted by Crippen LogP contribution is 2.31. The van der Waals surface area contributed by atoms with Gasteiger partial charge in [0.15, 0.2) is 0 Å². The van der Waals surface area contributed by atoms with E-state index in [4.69, 9.17) is 0 Å². The maximum Gasteiger partial charge on any atom is 0.221 e. The van der Waals surface area contributed by atoms with Gasteiger partial charge in [-0.25, -0.2) is 0 Å². The number of anilines is 1. The molecule has 0 aliphatic carbocycles. The van der Waals surface area contributed by atoms with Crippen LogP contribution in [0.5, 0.6) is 0 Å². The largest absolute Gasteiger partial charge is 0.326 e. The molecule has 3 nitrogen and oxygen atoms in total. The minimum absolute atomic E-state index is 0.00136. The van der Waals surface area contributed by atoms with Crippen molar-refractivity contribution < 1.29 is 4.79 Å². The fraction of sp³-hybridized carbons (Fsp3) is 0.462. The molecule has 1 aromatic rings. The summed E-state index contributed by atoms with van der Waals surface area (Å²) in [5.74, 6) is 0.543. The summed E-state index contributed by atoms with van der Waals surface area (Å²) >= 11 is 0. The van der Waals surface area contributed by atoms with Crippen molar-refractivity contribution in [2.24, 2.45) is 0 Å². The first-order valence-corrected chi connectivity index (χ1v) is 5.67. The Hall–Kier alpha value is -1.35. The van der Waals surface area contributed by atoms with Crippen molar-refractivity contribution in [3.8, 4) is 0 Å². The lowest BCUT2D eigenvalue weighted by Gasteiger charge is -2.31. The Morgan fingerprint density at radius 1 is 1.38 bits per heavy atom. The summed E-state index contributed by atoms with van der Waals surface area (Å²) in [6.45, 7) is 7.75. The van der Waals surface area contributed by atoms with Gasteiger partial charge in [-0.2, -0.15) is 0 Å². The van der Waals surface area contributed by atoms with Gasteiger partial charge in [0.05, 0.1) is 0 Å². The molecule has 2 N–H and O–H groups in total. The van der Waals surface area contributed by atoms with Gasteiger partial charge in [-0.3, -0.25) is 4.79 Å². The molecule has 16 heavy (non-hydrogen) atoms. The van der Waals surface area contributed by atoms with Crippen molar-refractivity contribution in [2.75, 3.05) is 18.4 Å². The van der Waals surface area contributed by atoms with Crippen LogP contribution in [-0.2, 0) is 4.79 Å². The van der Waals surface area contributed by atoms with E-state index < -0.39 is 0 Å². The summed E-state index contributed by atoms with van der Waals surface area (Å²) in [7, 11) is 0. The lowest BCUT2D eigenvalue weighted by atomic mass is 9.87. The molecule has 1 aromatic carbocycles. The summed E-state index contributed by atoms with van der Waals surface area (Å²) in [4.78, 5) is 11.2.